The second-order valence-corrected chi connectivity index (χ2v) is 3.70. The van der Waals surface area contributed by atoms with Gasteiger partial charge in [0.2, 0.25) is 12.1 Å². The van der Waals surface area contributed by atoms with Crippen molar-refractivity contribution in [2.45, 2.75) is 0 Å². The maximum absolute atomic E-state index is 12.0. The largest absolute Gasteiger partial charge is 0.323 e. The van der Waals surface area contributed by atoms with Gasteiger partial charge in [-0.25, -0.2) is 4.98 Å². The number of benzene rings is 1. The Morgan fingerprint density at radius 3 is 2.89 bits per heavy atom. The van der Waals surface area contributed by atoms with E-state index in [-0.39, 0.29) is 5.91 Å². The monoisotopic (exact) mass is 240 g/mol. The minimum atomic E-state index is -0.204. The van der Waals surface area contributed by atoms with Gasteiger partial charge in [0.15, 0.2) is 11.8 Å². The fourth-order valence-corrected chi connectivity index (χ4v) is 1.67. The number of nitrogens with zero attached hydrogens (tertiary/aromatic N) is 2. The van der Waals surface area contributed by atoms with E-state index in [1.54, 1.807) is 18.5 Å². The Kier molecular flexibility index (Phi) is 2.45. The van der Waals surface area contributed by atoms with E-state index in [4.69, 9.17) is 0 Å². The first kappa shape index (κ1) is 10.4. The molecular weight excluding hydrogens is 230 g/mol. The number of aromatic nitrogens is 4. The van der Waals surface area contributed by atoms with Crippen LogP contribution in [0.3, 0.4) is 0 Å². The average Bonchev–Trinajstić information content (AvgIpc) is 2.89. The van der Waals surface area contributed by atoms with E-state index in [1.807, 2.05) is 18.2 Å². The maximum Gasteiger partial charge on any atom is 0.291 e. The Morgan fingerprint density at radius 1 is 1.22 bits per heavy atom. The molecule has 0 saturated heterocycles. The second-order valence-electron chi connectivity index (χ2n) is 3.70. The summed E-state index contributed by atoms with van der Waals surface area (Å²) >= 11 is 0. The third-order valence-corrected chi connectivity index (χ3v) is 2.54. The Bertz CT molecular complexity index is 692. The zero-order valence-corrected chi connectivity index (χ0v) is 9.34. The number of hydrogen-bond donors (Lipinski definition) is 2. The van der Waals surface area contributed by atoms with Crippen molar-refractivity contribution in [2.75, 3.05) is 5.32 Å². The Balaban J connectivity index is 1.93. The number of hydrogen-bond acceptors (Lipinski definition) is 3. The maximum atomic E-state index is 12.0. The fraction of sp³-hybridized carbons (Fsp3) is 0. The molecule has 1 aromatic carbocycles. The van der Waals surface area contributed by atoms with Gasteiger partial charge >= 0.3 is 0 Å². The van der Waals surface area contributed by atoms with Gasteiger partial charge in [-0.05, 0) is 12.1 Å². The highest BCUT2D eigenvalue weighted by atomic mass is 16.1. The predicted molar refractivity (Wildman–Crippen MR) is 64.8 cm³/mol. The summed E-state index contributed by atoms with van der Waals surface area (Å²) in [6.45, 7) is 0. The molecule has 18 heavy (non-hydrogen) atoms. The third-order valence-electron chi connectivity index (χ3n) is 2.54. The van der Waals surface area contributed by atoms with Crippen LogP contribution in [-0.4, -0.2) is 20.9 Å². The molecule has 0 unspecified atom stereocenters. The summed E-state index contributed by atoms with van der Waals surface area (Å²) < 4.78 is 0. The zero-order chi connectivity index (χ0) is 12.4. The van der Waals surface area contributed by atoms with Gasteiger partial charge in [-0.3, -0.25) is 10.1 Å². The molecule has 0 saturated carbocycles. The first-order valence-electron chi connectivity index (χ1n) is 5.41. The highest BCUT2D eigenvalue weighted by molar-refractivity contribution is 6.06. The smallest absolute Gasteiger partial charge is 0.291 e. The number of fused-ring (bicyclic) bond motifs is 1. The van der Waals surface area contributed by atoms with Crippen LogP contribution >= 0.6 is 0 Å². The van der Waals surface area contributed by atoms with Crippen molar-refractivity contribution in [1.29, 1.82) is 0 Å². The Morgan fingerprint density at radius 2 is 2.06 bits per heavy atom. The van der Waals surface area contributed by atoms with Crippen LogP contribution in [0, 0.1) is 0 Å². The van der Waals surface area contributed by atoms with Crippen molar-refractivity contribution in [2.24, 2.45) is 0 Å². The van der Waals surface area contributed by atoms with Gasteiger partial charge in [0.1, 0.15) is 0 Å². The van der Waals surface area contributed by atoms with Gasteiger partial charge in [0, 0.05) is 5.56 Å². The van der Waals surface area contributed by atoms with Crippen LogP contribution in [0.25, 0.3) is 11.2 Å². The molecule has 2 aromatic heterocycles. The summed E-state index contributed by atoms with van der Waals surface area (Å²) in [5.74, 6) is 0.250. The van der Waals surface area contributed by atoms with Crippen LogP contribution in [0.2, 0.25) is 0 Å². The number of anilines is 1. The summed E-state index contributed by atoms with van der Waals surface area (Å²) in [4.78, 5) is 25.9. The van der Waals surface area contributed by atoms with Crippen molar-refractivity contribution in [3.63, 3.8) is 0 Å². The molecule has 2 heterocycles. The van der Waals surface area contributed by atoms with Crippen molar-refractivity contribution in [3.05, 3.63) is 48.5 Å². The lowest BCUT2D eigenvalue weighted by atomic mass is 10.2. The number of imidazole rings is 1. The van der Waals surface area contributed by atoms with Crippen LogP contribution in [0.15, 0.2) is 43.0 Å². The highest BCUT2D eigenvalue weighted by Crippen LogP contribution is 2.13. The van der Waals surface area contributed by atoms with Crippen LogP contribution in [-0.2, 0) is 0 Å². The SMILES string of the molecule is O=C(Nc1nc[nH+]c2nc[nH]c12)c1ccccc1. The molecule has 3 N–H and O–H groups in total. The summed E-state index contributed by atoms with van der Waals surface area (Å²) in [7, 11) is 0. The Hall–Kier alpha value is -2.76. The zero-order valence-electron chi connectivity index (χ0n) is 9.34. The van der Waals surface area contributed by atoms with Gasteiger partial charge in [-0.15, -0.1) is 0 Å². The molecule has 1 amide bonds. The number of amides is 1. The number of aromatic amines is 2. The lowest BCUT2D eigenvalue weighted by Crippen LogP contribution is -2.15. The lowest BCUT2D eigenvalue weighted by Gasteiger charge is -2.01. The number of H-pyrrole nitrogens is 2. The van der Waals surface area contributed by atoms with Crippen molar-refractivity contribution in [3.8, 4) is 0 Å². The first-order chi connectivity index (χ1) is 8.84. The van der Waals surface area contributed by atoms with Crippen LogP contribution in [0.5, 0.6) is 0 Å². The molecule has 0 fully saturated rings. The third kappa shape index (κ3) is 1.80. The fourth-order valence-electron chi connectivity index (χ4n) is 1.67. The van der Waals surface area contributed by atoms with Gasteiger partial charge in [-0.1, -0.05) is 28.2 Å². The molecule has 0 aliphatic heterocycles. The quantitative estimate of drug-likeness (QED) is 0.701. The molecular formula is C12H10N5O+. The van der Waals surface area contributed by atoms with Crippen molar-refractivity contribution >= 4 is 22.9 Å². The average molecular weight is 240 g/mol. The summed E-state index contributed by atoms with van der Waals surface area (Å²) in [6.07, 6.45) is 3.03. The minimum absolute atomic E-state index is 0.204. The molecule has 0 atom stereocenters. The second kappa shape index (κ2) is 4.25. The van der Waals surface area contributed by atoms with Gasteiger partial charge in [0.05, 0.1) is 0 Å². The van der Waals surface area contributed by atoms with E-state index in [9.17, 15) is 4.79 Å². The summed E-state index contributed by atoms with van der Waals surface area (Å²) in [6, 6.07) is 8.97. The standard InChI is InChI=1S/C12H9N5O/c18-12(8-4-2-1-3-5-8)17-11-9-10(14-6-13-9)15-7-16-11/h1-7H,(H2,13,14,15,16,17,18)/p+1. The molecule has 6 nitrogen and oxygen atoms in total. The molecule has 3 aromatic rings. The number of rotatable bonds is 2. The van der Waals surface area contributed by atoms with Crippen molar-refractivity contribution in [1.82, 2.24) is 15.0 Å². The van der Waals surface area contributed by atoms with Crippen molar-refractivity contribution < 1.29 is 9.78 Å². The van der Waals surface area contributed by atoms with Gasteiger partial charge in [-0.2, -0.15) is 0 Å². The predicted octanol–water partition coefficient (Wildman–Crippen LogP) is 1.02. The molecule has 3 rings (SSSR count). The van der Waals surface area contributed by atoms with Crippen LogP contribution < -0.4 is 10.3 Å². The van der Waals surface area contributed by atoms with Crippen LogP contribution in [0.4, 0.5) is 5.82 Å². The summed E-state index contributed by atoms with van der Waals surface area (Å²) in [5, 5.41) is 2.75. The molecule has 6 heteroatoms. The van der Waals surface area contributed by atoms with E-state index in [2.05, 4.69) is 25.3 Å². The van der Waals surface area contributed by atoms with E-state index in [0.717, 1.165) is 0 Å². The molecule has 88 valence electrons. The number of nitrogens with one attached hydrogen (secondary N) is 3. The first-order valence-corrected chi connectivity index (χ1v) is 5.41. The highest BCUT2D eigenvalue weighted by Gasteiger charge is 2.14. The topological polar surface area (TPSA) is 84.8 Å². The summed E-state index contributed by atoms with van der Waals surface area (Å²) in [5.41, 5.74) is 1.90. The van der Waals surface area contributed by atoms with E-state index in [0.29, 0.717) is 22.5 Å². The molecule has 0 spiro atoms. The number of carbonyl (C=O) groups is 1. The van der Waals surface area contributed by atoms with E-state index < -0.39 is 0 Å². The van der Waals surface area contributed by atoms with E-state index >= 15 is 0 Å². The van der Waals surface area contributed by atoms with Crippen LogP contribution in [0.1, 0.15) is 10.4 Å². The lowest BCUT2D eigenvalue weighted by molar-refractivity contribution is -0.352. The molecule has 0 bridgehead atoms. The van der Waals surface area contributed by atoms with E-state index in [1.165, 1.54) is 6.33 Å². The van der Waals surface area contributed by atoms with Gasteiger partial charge < -0.3 is 4.98 Å². The van der Waals surface area contributed by atoms with Gasteiger partial charge in [0.25, 0.3) is 11.6 Å². The molecule has 0 aliphatic carbocycles. The Labute approximate surface area is 102 Å². The molecule has 0 radical (unpaired) electrons. The normalized spacial score (nSPS) is 10.4. The molecule has 0 aliphatic rings. The minimum Gasteiger partial charge on any atom is -0.323 e. The number of carbonyl (C=O) groups excluding carboxylic acids is 1.